The summed E-state index contributed by atoms with van der Waals surface area (Å²) < 4.78 is 29.2. The van der Waals surface area contributed by atoms with Crippen LogP contribution in [-0.4, -0.2) is 35.3 Å². The zero-order valence-electron chi connectivity index (χ0n) is 24.6. The highest BCUT2D eigenvalue weighted by Crippen LogP contribution is 2.46. The van der Waals surface area contributed by atoms with Gasteiger partial charge in [0.1, 0.15) is 23.9 Å². The molecule has 3 heterocycles. The van der Waals surface area contributed by atoms with Gasteiger partial charge in [0.05, 0.1) is 12.1 Å². The fraction of sp³-hybridized carbons (Fsp3) is 0.297. The van der Waals surface area contributed by atoms with Gasteiger partial charge in [-0.05, 0) is 79.1 Å². The van der Waals surface area contributed by atoms with Gasteiger partial charge in [-0.1, -0.05) is 91.0 Å². The van der Waals surface area contributed by atoms with Gasteiger partial charge >= 0.3 is 0 Å². The van der Waals surface area contributed by atoms with Gasteiger partial charge in [0.2, 0.25) is 0 Å². The number of ether oxygens (including phenoxy) is 4. The van der Waals surface area contributed by atoms with E-state index in [1.54, 1.807) is 0 Å². The average Bonchev–Trinajstić information content (AvgIpc) is 3.65. The molecular weight excluding hydrogens is 522 g/mol. The van der Waals surface area contributed by atoms with Gasteiger partial charge in [-0.25, -0.2) is 0 Å². The van der Waals surface area contributed by atoms with Crippen LogP contribution in [-0.2, 0) is 24.5 Å². The quantitative estimate of drug-likeness (QED) is 0.192. The van der Waals surface area contributed by atoms with Gasteiger partial charge in [0.25, 0.3) is 0 Å². The molecule has 0 N–H and O–H groups in total. The lowest BCUT2D eigenvalue weighted by Crippen LogP contribution is -2.39. The van der Waals surface area contributed by atoms with Crippen molar-refractivity contribution in [1.82, 2.24) is 4.57 Å². The van der Waals surface area contributed by atoms with Crippen molar-refractivity contribution in [3.05, 3.63) is 143 Å². The Labute approximate surface area is 247 Å². The molecule has 2 fully saturated rings. The summed E-state index contributed by atoms with van der Waals surface area (Å²) in [6, 6.07) is 37.9. The molecule has 4 atom stereocenters. The smallest absolute Gasteiger partial charge is 0.164 e. The number of fused-ring (bicyclic) bond motifs is 2. The van der Waals surface area contributed by atoms with Crippen LogP contribution in [0, 0.1) is 13.8 Å². The molecule has 0 radical (unpaired) electrons. The van der Waals surface area contributed by atoms with Crippen LogP contribution in [0.3, 0.4) is 0 Å². The van der Waals surface area contributed by atoms with E-state index in [4.69, 9.17) is 18.9 Å². The highest BCUT2D eigenvalue weighted by Gasteiger charge is 2.56. The number of benzene rings is 4. The average molecular weight is 560 g/mol. The van der Waals surface area contributed by atoms with E-state index >= 15 is 0 Å². The predicted octanol–water partition coefficient (Wildman–Crippen LogP) is 7.68. The normalized spacial score (nSPS) is 23.3. The van der Waals surface area contributed by atoms with Crippen molar-refractivity contribution in [2.24, 2.45) is 0 Å². The molecule has 0 aliphatic carbocycles. The molecule has 4 aromatic carbocycles. The zero-order chi connectivity index (χ0) is 28.9. The van der Waals surface area contributed by atoms with Crippen LogP contribution in [0.1, 0.15) is 47.9 Å². The molecule has 5 aromatic rings. The second-order valence-electron chi connectivity index (χ2n) is 11.9. The Morgan fingerprint density at radius 2 is 1.24 bits per heavy atom. The Morgan fingerprint density at radius 3 is 1.81 bits per heavy atom. The van der Waals surface area contributed by atoms with Crippen molar-refractivity contribution in [3.8, 4) is 0 Å². The molecule has 0 saturated carbocycles. The summed E-state index contributed by atoms with van der Waals surface area (Å²) in [5, 5.41) is 1.19. The second kappa shape index (κ2) is 10.5. The third kappa shape index (κ3) is 4.58. The molecule has 1 aromatic heterocycles. The van der Waals surface area contributed by atoms with Crippen molar-refractivity contribution in [3.63, 3.8) is 0 Å². The summed E-state index contributed by atoms with van der Waals surface area (Å²) in [6.45, 7) is 8.56. The highest BCUT2D eigenvalue weighted by molar-refractivity contribution is 5.82. The molecule has 0 unspecified atom stereocenters. The van der Waals surface area contributed by atoms with Crippen molar-refractivity contribution >= 4 is 10.9 Å². The summed E-state index contributed by atoms with van der Waals surface area (Å²) in [7, 11) is 0. The van der Waals surface area contributed by atoms with Gasteiger partial charge < -0.3 is 23.5 Å². The highest BCUT2D eigenvalue weighted by atomic mass is 16.8. The van der Waals surface area contributed by atoms with Crippen molar-refractivity contribution in [2.75, 3.05) is 6.61 Å². The van der Waals surface area contributed by atoms with E-state index in [1.165, 1.54) is 16.5 Å². The number of hydrogen-bond acceptors (Lipinski definition) is 4. The second-order valence-corrected chi connectivity index (χ2v) is 11.9. The Morgan fingerprint density at radius 1 is 0.714 bits per heavy atom. The van der Waals surface area contributed by atoms with Gasteiger partial charge in [-0.3, -0.25) is 0 Å². The number of rotatable bonds is 7. The number of hydrogen-bond donors (Lipinski definition) is 0. The summed E-state index contributed by atoms with van der Waals surface area (Å²) in [5.74, 6) is -0.722. The third-order valence-corrected chi connectivity index (χ3v) is 8.74. The Bertz CT molecular complexity index is 1580. The molecule has 0 spiro atoms. The molecule has 0 bridgehead atoms. The minimum absolute atomic E-state index is 0.273. The summed E-state index contributed by atoms with van der Waals surface area (Å²) >= 11 is 0. The van der Waals surface area contributed by atoms with E-state index < -0.39 is 11.4 Å². The van der Waals surface area contributed by atoms with Crippen LogP contribution >= 0.6 is 0 Å². The Kier molecular flexibility index (Phi) is 6.79. The lowest BCUT2D eigenvalue weighted by atomic mass is 9.80. The predicted molar refractivity (Wildman–Crippen MR) is 164 cm³/mol. The first kappa shape index (κ1) is 27.1. The molecule has 214 valence electrons. The van der Waals surface area contributed by atoms with Gasteiger partial charge in [-0.15, -0.1) is 0 Å². The molecule has 42 heavy (non-hydrogen) atoms. The van der Waals surface area contributed by atoms with E-state index in [-0.39, 0.29) is 24.5 Å². The van der Waals surface area contributed by atoms with Crippen LogP contribution in [0.4, 0.5) is 0 Å². The van der Waals surface area contributed by atoms with Crippen LogP contribution in [0.5, 0.6) is 0 Å². The molecule has 5 heteroatoms. The fourth-order valence-corrected chi connectivity index (χ4v) is 6.64. The number of nitrogens with zero attached hydrogens (tertiary/aromatic N) is 1. The molecule has 7 rings (SSSR count). The van der Waals surface area contributed by atoms with E-state index in [9.17, 15) is 0 Å². The molecular formula is C37H37NO4. The Balaban J connectivity index is 1.28. The fourth-order valence-electron chi connectivity index (χ4n) is 6.64. The minimum Gasteiger partial charge on any atom is -0.358 e. The van der Waals surface area contributed by atoms with E-state index in [0.717, 1.165) is 22.2 Å². The largest absolute Gasteiger partial charge is 0.358 e. The first-order valence-electron chi connectivity index (χ1n) is 14.8. The zero-order valence-corrected chi connectivity index (χ0v) is 24.6. The standard InChI is InChI=1S/C37H37NO4/c1-25-22-27-20-21-38(31(27)23-26(25)2)35-34-33(41-36(3,4)42-34)32(40-35)24-39-37(28-14-8-5-9-15-28,29-16-10-6-11-17-29)30-18-12-7-13-19-30/h5-23,32-35H,24H2,1-4H3/t32-,33-,34-,35-/m1/s1. The monoisotopic (exact) mass is 559 g/mol. The summed E-state index contributed by atoms with van der Waals surface area (Å²) in [5.41, 5.74) is 5.98. The molecule has 2 aliphatic heterocycles. The number of aryl methyl sites for hydroxylation is 2. The van der Waals surface area contributed by atoms with Crippen molar-refractivity contribution in [2.45, 2.75) is 63.6 Å². The van der Waals surface area contributed by atoms with E-state index in [0.29, 0.717) is 6.61 Å². The van der Waals surface area contributed by atoms with Gasteiger partial charge in [-0.2, -0.15) is 0 Å². The topological polar surface area (TPSA) is 41.9 Å². The molecule has 2 aliphatic rings. The molecule has 2 saturated heterocycles. The van der Waals surface area contributed by atoms with E-state index in [1.807, 2.05) is 32.0 Å². The van der Waals surface area contributed by atoms with Crippen LogP contribution in [0.2, 0.25) is 0 Å². The van der Waals surface area contributed by atoms with Crippen LogP contribution < -0.4 is 0 Å². The first-order chi connectivity index (χ1) is 20.4. The van der Waals surface area contributed by atoms with Gasteiger partial charge in [0.15, 0.2) is 12.0 Å². The van der Waals surface area contributed by atoms with Crippen molar-refractivity contribution in [1.29, 1.82) is 0 Å². The molecule has 5 nitrogen and oxygen atoms in total. The number of aromatic nitrogens is 1. The Hall–Kier alpha value is -3.74. The van der Waals surface area contributed by atoms with Crippen LogP contribution in [0.15, 0.2) is 115 Å². The lowest BCUT2D eigenvalue weighted by molar-refractivity contribution is -0.204. The third-order valence-electron chi connectivity index (χ3n) is 8.74. The van der Waals surface area contributed by atoms with Crippen molar-refractivity contribution < 1.29 is 18.9 Å². The minimum atomic E-state index is -0.843. The van der Waals surface area contributed by atoms with Gasteiger partial charge in [0, 0.05) is 6.20 Å². The summed E-state index contributed by atoms with van der Waals surface area (Å²) in [4.78, 5) is 0. The molecule has 0 amide bonds. The maximum atomic E-state index is 7.17. The first-order valence-corrected chi connectivity index (χ1v) is 14.8. The maximum absolute atomic E-state index is 7.17. The maximum Gasteiger partial charge on any atom is 0.164 e. The van der Waals surface area contributed by atoms with E-state index in [2.05, 4.69) is 116 Å². The van der Waals surface area contributed by atoms with Crippen LogP contribution in [0.25, 0.3) is 10.9 Å². The SMILES string of the molecule is Cc1cc2ccn([C@@H]3O[C@H](COC(c4ccccc4)(c4ccccc4)c4ccccc4)[C@H]4OC(C)(C)O[C@H]43)c2cc1C. The lowest BCUT2D eigenvalue weighted by Gasteiger charge is -2.37. The summed E-state index contributed by atoms with van der Waals surface area (Å²) in [6.07, 6.45) is 0.857.